The van der Waals surface area contributed by atoms with Crippen LogP contribution in [0.25, 0.3) is 0 Å². The highest BCUT2D eigenvalue weighted by Gasteiger charge is 2.36. The number of ether oxygens (including phenoxy) is 1. The van der Waals surface area contributed by atoms with E-state index in [1.165, 1.54) is 12.8 Å². The average molecular weight is 344 g/mol. The number of anilines is 2. The quantitative estimate of drug-likeness (QED) is 0.909. The van der Waals surface area contributed by atoms with Gasteiger partial charge in [-0.05, 0) is 31.4 Å². The van der Waals surface area contributed by atoms with Gasteiger partial charge in [0, 0.05) is 25.7 Å². The van der Waals surface area contributed by atoms with Gasteiger partial charge < -0.3 is 15.0 Å². The van der Waals surface area contributed by atoms with Gasteiger partial charge in [-0.2, -0.15) is 0 Å². The van der Waals surface area contributed by atoms with E-state index in [1.807, 2.05) is 11.0 Å². The van der Waals surface area contributed by atoms with Crippen molar-refractivity contribution in [1.29, 1.82) is 0 Å². The van der Waals surface area contributed by atoms with Crippen molar-refractivity contribution in [3.63, 3.8) is 0 Å². The van der Waals surface area contributed by atoms with E-state index in [9.17, 15) is 9.59 Å². The van der Waals surface area contributed by atoms with Crippen LogP contribution in [0.2, 0.25) is 0 Å². The molecule has 3 heterocycles. The van der Waals surface area contributed by atoms with Crippen LogP contribution < -0.4 is 10.2 Å². The summed E-state index contributed by atoms with van der Waals surface area (Å²) in [4.78, 5) is 32.9. The summed E-state index contributed by atoms with van der Waals surface area (Å²) in [6, 6.07) is 4.06. The lowest BCUT2D eigenvalue weighted by atomic mass is 10.1. The van der Waals surface area contributed by atoms with Crippen LogP contribution in [-0.4, -0.2) is 54.2 Å². The zero-order valence-electron chi connectivity index (χ0n) is 14.3. The molecule has 2 aliphatic heterocycles. The Morgan fingerprint density at radius 2 is 2.04 bits per heavy atom. The Hall–Kier alpha value is -2.15. The van der Waals surface area contributed by atoms with Crippen molar-refractivity contribution in [2.75, 3.05) is 36.5 Å². The molecule has 1 aromatic rings. The minimum absolute atomic E-state index is 0.0308. The summed E-state index contributed by atoms with van der Waals surface area (Å²) < 4.78 is 5.24. The fourth-order valence-electron chi connectivity index (χ4n) is 3.93. The van der Waals surface area contributed by atoms with Gasteiger partial charge >= 0.3 is 6.03 Å². The average Bonchev–Trinajstić information content (AvgIpc) is 3.37. The van der Waals surface area contributed by atoms with E-state index >= 15 is 0 Å². The lowest BCUT2D eigenvalue weighted by molar-refractivity contribution is -0.119. The van der Waals surface area contributed by atoms with Gasteiger partial charge in [0.25, 0.3) is 0 Å². The zero-order valence-corrected chi connectivity index (χ0v) is 14.3. The zero-order chi connectivity index (χ0) is 17.2. The van der Waals surface area contributed by atoms with Gasteiger partial charge in [0.15, 0.2) is 0 Å². The third kappa shape index (κ3) is 3.33. The van der Waals surface area contributed by atoms with E-state index in [0.29, 0.717) is 37.3 Å². The molecule has 3 fully saturated rings. The van der Waals surface area contributed by atoms with Crippen LogP contribution in [0.4, 0.5) is 16.3 Å². The van der Waals surface area contributed by atoms with Crippen LogP contribution in [0.5, 0.6) is 0 Å². The molecule has 0 bridgehead atoms. The highest BCUT2D eigenvalue weighted by molar-refractivity contribution is 5.94. The molecule has 4 rings (SSSR count). The predicted octanol–water partition coefficient (Wildman–Crippen LogP) is 2.24. The lowest BCUT2D eigenvalue weighted by Gasteiger charge is -2.23. The van der Waals surface area contributed by atoms with E-state index in [2.05, 4.69) is 10.3 Å². The molecule has 7 heteroatoms. The molecular weight excluding hydrogens is 320 g/mol. The Bertz CT molecular complexity index is 636. The standard InChI is InChI=1S/C18H24N4O3/c23-17(13-7-10-25-12-13)20-14-5-6-16(19-11-14)22-9-8-21(18(22)24)15-3-1-2-4-15/h5-6,11,13,15H,1-4,7-10,12H2,(H,20,23)/t13-/m0/s1. The van der Waals surface area contributed by atoms with E-state index < -0.39 is 0 Å². The van der Waals surface area contributed by atoms with Gasteiger partial charge in [-0.3, -0.25) is 9.69 Å². The fraction of sp³-hybridized carbons (Fsp3) is 0.611. The number of pyridine rings is 1. The fourth-order valence-corrected chi connectivity index (χ4v) is 3.93. The van der Waals surface area contributed by atoms with Gasteiger partial charge in [0.1, 0.15) is 5.82 Å². The largest absolute Gasteiger partial charge is 0.381 e. The monoisotopic (exact) mass is 344 g/mol. The molecule has 7 nitrogen and oxygen atoms in total. The van der Waals surface area contributed by atoms with Gasteiger partial charge in [0.2, 0.25) is 5.91 Å². The summed E-state index contributed by atoms with van der Waals surface area (Å²) in [6.07, 6.45) is 7.04. The predicted molar refractivity (Wildman–Crippen MR) is 93.5 cm³/mol. The molecule has 1 aromatic heterocycles. The van der Waals surface area contributed by atoms with Crippen molar-refractivity contribution in [3.05, 3.63) is 18.3 Å². The number of aromatic nitrogens is 1. The summed E-state index contributed by atoms with van der Waals surface area (Å²) in [5.74, 6) is 0.532. The molecule has 0 spiro atoms. The third-order valence-electron chi connectivity index (χ3n) is 5.40. The Morgan fingerprint density at radius 3 is 2.72 bits per heavy atom. The normalized spacial score (nSPS) is 24.3. The van der Waals surface area contributed by atoms with Crippen LogP contribution in [-0.2, 0) is 9.53 Å². The SMILES string of the molecule is O=C(Nc1ccc(N2CCN(C3CCCC3)C2=O)nc1)[C@H]1CCOC1. The first-order valence-electron chi connectivity index (χ1n) is 9.15. The van der Waals surface area contributed by atoms with Crippen LogP contribution in [0.15, 0.2) is 18.3 Å². The minimum Gasteiger partial charge on any atom is -0.381 e. The summed E-state index contributed by atoms with van der Waals surface area (Å²) >= 11 is 0. The number of rotatable bonds is 4. The molecule has 0 unspecified atom stereocenters. The minimum atomic E-state index is -0.0835. The number of nitrogens with one attached hydrogen (secondary N) is 1. The third-order valence-corrected chi connectivity index (χ3v) is 5.40. The van der Waals surface area contributed by atoms with Crippen molar-refractivity contribution >= 4 is 23.4 Å². The van der Waals surface area contributed by atoms with E-state index in [4.69, 9.17) is 4.74 Å². The van der Waals surface area contributed by atoms with Gasteiger partial charge in [-0.1, -0.05) is 12.8 Å². The first kappa shape index (κ1) is 16.3. The molecule has 1 N–H and O–H groups in total. The summed E-state index contributed by atoms with van der Waals surface area (Å²) in [5.41, 5.74) is 0.653. The second-order valence-electron chi connectivity index (χ2n) is 7.02. The summed E-state index contributed by atoms with van der Waals surface area (Å²) in [5, 5.41) is 2.87. The van der Waals surface area contributed by atoms with Crippen LogP contribution in [0.1, 0.15) is 32.1 Å². The molecule has 25 heavy (non-hydrogen) atoms. The van der Waals surface area contributed by atoms with Crippen molar-refractivity contribution in [2.45, 2.75) is 38.1 Å². The number of nitrogens with zero attached hydrogens (tertiary/aromatic N) is 3. The van der Waals surface area contributed by atoms with Gasteiger partial charge in [0.05, 0.1) is 24.4 Å². The number of amides is 3. The molecule has 134 valence electrons. The van der Waals surface area contributed by atoms with Gasteiger partial charge in [-0.15, -0.1) is 0 Å². The summed E-state index contributed by atoms with van der Waals surface area (Å²) in [6.45, 7) is 2.57. The van der Waals surface area contributed by atoms with Crippen molar-refractivity contribution in [1.82, 2.24) is 9.88 Å². The van der Waals surface area contributed by atoms with Crippen molar-refractivity contribution in [3.8, 4) is 0 Å². The van der Waals surface area contributed by atoms with Crippen LogP contribution >= 0.6 is 0 Å². The Morgan fingerprint density at radius 1 is 1.20 bits per heavy atom. The number of hydrogen-bond donors (Lipinski definition) is 1. The van der Waals surface area contributed by atoms with Crippen molar-refractivity contribution < 1.29 is 14.3 Å². The number of urea groups is 1. The van der Waals surface area contributed by atoms with E-state index in [-0.39, 0.29) is 17.9 Å². The van der Waals surface area contributed by atoms with Crippen molar-refractivity contribution in [2.24, 2.45) is 5.92 Å². The van der Waals surface area contributed by atoms with Gasteiger partial charge in [-0.25, -0.2) is 9.78 Å². The Labute approximate surface area is 147 Å². The molecule has 0 radical (unpaired) electrons. The highest BCUT2D eigenvalue weighted by atomic mass is 16.5. The molecule has 2 saturated heterocycles. The molecule has 0 aromatic carbocycles. The first-order chi connectivity index (χ1) is 12.2. The molecule has 1 saturated carbocycles. The molecule has 1 atom stereocenters. The maximum Gasteiger partial charge on any atom is 0.326 e. The first-order valence-corrected chi connectivity index (χ1v) is 9.15. The summed E-state index contributed by atoms with van der Waals surface area (Å²) in [7, 11) is 0. The maximum atomic E-state index is 12.7. The smallest absolute Gasteiger partial charge is 0.326 e. The number of carbonyl (C=O) groups is 2. The lowest BCUT2D eigenvalue weighted by Crippen LogP contribution is -2.38. The molecular formula is C18H24N4O3. The highest BCUT2D eigenvalue weighted by Crippen LogP contribution is 2.28. The maximum absolute atomic E-state index is 12.7. The second kappa shape index (κ2) is 7.00. The molecule has 3 aliphatic rings. The van der Waals surface area contributed by atoms with E-state index in [0.717, 1.165) is 25.8 Å². The van der Waals surface area contributed by atoms with E-state index in [1.54, 1.807) is 17.2 Å². The number of hydrogen-bond acceptors (Lipinski definition) is 4. The second-order valence-corrected chi connectivity index (χ2v) is 7.02. The van der Waals surface area contributed by atoms with Crippen LogP contribution in [0, 0.1) is 5.92 Å². The Balaban J connectivity index is 1.38. The molecule has 3 amide bonds. The van der Waals surface area contributed by atoms with Crippen LogP contribution in [0.3, 0.4) is 0 Å². The Kier molecular flexibility index (Phi) is 4.57. The topological polar surface area (TPSA) is 74.8 Å². The number of carbonyl (C=O) groups excluding carboxylic acids is 2. The molecule has 1 aliphatic carbocycles.